The summed E-state index contributed by atoms with van der Waals surface area (Å²) in [5.41, 5.74) is 3.42. The highest BCUT2D eigenvalue weighted by Crippen LogP contribution is 2.24. The molecule has 0 unspecified atom stereocenters. The summed E-state index contributed by atoms with van der Waals surface area (Å²) in [5.74, 6) is 0.809. The van der Waals surface area contributed by atoms with Crippen molar-refractivity contribution in [1.82, 2.24) is 24.7 Å². The normalized spacial score (nSPS) is 10.9. The second-order valence-electron chi connectivity index (χ2n) is 5.99. The van der Waals surface area contributed by atoms with E-state index in [0.717, 1.165) is 11.3 Å². The van der Waals surface area contributed by atoms with Gasteiger partial charge in [-0.1, -0.05) is 11.8 Å². The lowest BCUT2D eigenvalue weighted by molar-refractivity contribution is 0.101. The minimum absolute atomic E-state index is 0.0433. The summed E-state index contributed by atoms with van der Waals surface area (Å²) in [7, 11) is 1.86. The Hall–Kier alpha value is -2.74. The van der Waals surface area contributed by atoms with Gasteiger partial charge in [-0.2, -0.15) is 0 Å². The lowest BCUT2D eigenvalue weighted by atomic mass is 10.1. The van der Waals surface area contributed by atoms with Crippen LogP contribution in [0.2, 0.25) is 0 Å². The lowest BCUT2D eigenvalue weighted by Crippen LogP contribution is -2.06. The summed E-state index contributed by atoms with van der Waals surface area (Å²) in [5, 5.41) is 9.02. The molecule has 0 amide bonds. The summed E-state index contributed by atoms with van der Waals surface area (Å²) >= 11 is 1.32. The molecule has 1 N–H and O–H groups in total. The number of aromatic nitrogens is 5. The van der Waals surface area contributed by atoms with Crippen molar-refractivity contribution < 1.29 is 9.59 Å². The van der Waals surface area contributed by atoms with Gasteiger partial charge in [0.15, 0.2) is 22.5 Å². The van der Waals surface area contributed by atoms with Gasteiger partial charge in [0, 0.05) is 36.3 Å². The third-order valence-electron chi connectivity index (χ3n) is 4.17. The molecule has 134 valence electrons. The predicted molar refractivity (Wildman–Crippen MR) is 99.6 cm³/mol. The van der Waals surface area contributed by atoms with E-state index in [-0.39, 0.29) is 17.3 Å². The fraction of sp³-hybridized carbons (Fsp3) is 0.278. The van der Waals surface area contributed by atoms with E-state index in [2.05, 4.69) is 20.2 Å². The Kier molecular flexibility index (Phi) is 5.03. The van der Waals surface area contributed by atoms with E-state index in [1.165, 1.54) is 18.7 Å². The fourth-order valence-corrected chi connectivity index (χ4v) is 3.74. The van der Waals surface area contributed by atoms with Gasteiger partial charge in [0.1, 0.15) is 0 Å². The third-order valence-corrected chi connectivity index (χ3v) is 5.19. The number of pyridine rings is 1. The molecule has 0 saturated heterocycles. The lowest BCUT2D eigenvalue weighted by Gasteiger charge is -2.04. The van der Waals surface area contributed by atoms with Crippen molar-refractivity contribution in [1.29, 1.82) is 0 Å². The first-order valence-electron chi connectivity index (χ1n) is 8.06. The smallest absolute Gasteiger partial charge is 0.191 e. The molecule has 0 bridgehead atoms. The fourth-order valence-electron chi connectivity index (χ4n) is 2.95. The van der Waals surface area contributed by atoms with Gasteiger partial charge in [0.25, 0.3) is 0 Å². The van der Waals surface area contributed by atoms with Gasteiger partial charge in [0.2, 0.25) is 0 Å². The molecule has 3 heterocycles. The number of aromatic amines is 1. The topological polar surface area (TPSA) is 93.5 Å². The van der Waals surface area contributed by atoms with E-state index in [0.29, 0.717) is 27.8 Å². The van der Waals surface area contributed by atoms with E-state index < -0.39 is 0 Å². The molecule has 3 aromatic rings. The zero-order valence-electron chi connectivity index (χ0n) is 15.0. The molecule has 3 aromatic heterocycles. The average Bonchev–Trinajstić information content (AvgIpc) is 3.13. The Balaban J connectivity index is 1.76. The Bertz CT molecular complexity index is 975. The second-order valence-corrected chi connectivity index (χ2v) is 6.94. The van der Waals surface area contributed by atoms with Gasteiger partial charge in [-0.15, -0.1) is 10.2 Å². The van der Waals surface area contributed by atoms with Crippen molar-refractivity contribution >= 4 is 23.3 Å². The molecule has 3 rings (SSSR count). The zero-order chi connectivity index (χ0) is 18.8. The van der Waals surface area contributed by atoms with Crippen LogP contribution in [0.3, 0.4) is 0 Å². The first-order chi connectivity index (χ1) is 12.4. The molecular weight excluding hydrogens is 350 g/mol. The first kappa shape index (κ1) is 18.1. The average molecular weight is 369 g/mol. The number of nitrogens with one attached hydrogen (secondary N) is 1. The second kappa shape index (κ2) is 7.25. The van der Waals surface area contributed by atoms with Crippen LogP contribution >= 0.6 is 11.8 Å². The number of H-pyrrole nitrogens is 1. The first-order valence-corrected chi connectivity index (χ1v) is 9.04. The van der Waals surface area contributed by atoms with Crippen molar-refractivity contribution in [2.45, 2.75) is 25.9 Å². The minimum atomic E-state index is -0.0726. The highest BCUT2D eigenvalue weighted by atomic mass is 32.2. The number of hydrogen-bond donors (Lipinski definition) is 1. The maximum Gasteiger partial charge on any atom is 0.191 e. The molecule has 0 fully saturated rings. The van der Waals surface area contributed by atoms with Crippen LogP contribution in [0.15, 0.2) is 29.7 Å². The maximum atomic E-state index is 12.6. The van der Waals surface area contributed by atoms with Gasteiger partial charge >= 0.3 is 0 Å². The van der Waals surface area contributed by atoms with Gasteiger partial charge in [-0.3, -0.25) is 14.6 Å². The van der Waals surface area contributed by atoms with Crippen LogP contribution in [0, 0.1) is 13.8 Å². The molecule has 0 saturated carbocycles. The number of thioether (sulfide) groups is 1. The molecule has 7 nitrogen and oxygen atoms in total. The molecule has 0 atom stereocenters. The van der Waals surface area contributed by atoms with Crippen LogP contribution in [0.1, 0.15) is 39.0 Å². The van der Waals surface area contributed by atoms with Crippen molar-refractivity contribution in [2.24, 2.45) is 7.05 Å². The van der Waals surface area contributed by atoms with Crippen molar-refractivity contribution in [3.05, 3.63) is 47.0 Å². The van der Waals surface area contributed by atoms with Gasteiger partial charge < -0.3 is 9.55 Å². The van der Waals surface area contributed by atoms with E-state index in [1.54, 1.807) is 26.2 Å². The molecule has 0 aliphatic heterocycles. The zero-order valence-corrected chi connectivity index (χ0v) is 15.8. The molecule has 0 spiro atoms. The Morgan fingerprint density at radius 3 is 2.50 bits per heavy atom. The van der Waals surface area contributed by atoms with Crippen LogP contribution in [0.5, 0.6) is 0 Å². The van der Waals surface area contributed by atoms with Crippen molar-refractivity contribution in [3.8, 4) is 11.4 Å². The number of nitrogens with zero attached hydrogens (tertiary/aromatic N) is 4. The molecule has 8 heteroatoms. The quantitative estimate of drug-likeness (QED) is 0.530. The molecule has 0 radical (unpaired) electrons. The number of ketones is 2. The van der Waals surface area contributed by atoms with Crippen LogP contribution in [-0.2, 0) is 7.05 Å². The summed E-state index contributed by atoms with van der Waals surface area (Å²) < 4.78 is 1.85. The number of Topliss-reactive ketones (excluding diaryl/α,β-unsaturated/α-hetero) is 2. The predicted octanol–water partition coefficient (Wildman–Crippen LogP) is 3.00. The number of carbonyl (C=O) groups excluding carboxylic acids is 2. The summed E-state index contributed by atoms with van der Waals surface area (Å²) in [6.07, 6.45) is 3.40. The molecule has 26 heavy (non-hydrogen) atoms. The molecule has 0 aromatic carbocycles. The Labute approximate surface area is 155 Å². The minimum Gasteiger partial charge on any atom is -0.355 e. The van der Waals surface area contributed by atoms with Gasteiger partial charge in [-0.05, 0) is 38.5 Å². The summed E-state index contributed by atoms with van der Waals surface area (Å²) in [6.45, 7) is 5.10. The van der Waals surface area contributed by atoms with Crippen LogP contribution in [0.25, 0.3) is 11.4 Å². The highest BCUT2D eigenvalue weighted by molar-refractivity contribution is 7.99. The largest absolute Gasteiger partial charge is 0.355 e. The summed E-state index contributed by atoms with van der Waals surface area (Å²) in [4.78, 5) is 31.3. The Morgan fingerprint density at radius 2 is 1.88 bits per heavy atom. The van der Waals surface area contributed by atoms with Crippen LogP contribution in [-0.4, -0.2) is 42.1 Å². The van der Waals surface area contributed by atoms with Gasteiger partial charge in [-0.25, -0.2) is 0 Å². The van der Waals surface area contributed by atoms with E-state index in [4.69, 9.17) is 0 Å². The van der Waals surface area contributed by atoms with Crippen LogP contribution < -0.4 is 0 Å². The van der Waals surface area contributed by atoms with E-state index in [1.807, 2.05) is 23.7 Å². The van der Waals surface area contributed by atoms with E-state index in [9.17, 15) is 9.59 Å². The third kappa shape index (κ3) is 3.32. The molecular formula is C18H19N5O2S. The monoisotopic (exact) mass is 369 g/mol. The molecule has 0 aliphatic rings. The van der Waals surface area contributed by atoms with Crippen molar-refractivity contribution in [3.63, 3.8) is 0 Å². The summed E-state index contributed by atoms with van der Waals surface area (Å²) in [6, 6.07) is 3.72. The number of carbonyl (C=O) groups is 2. The maximum absolute atomic E-state index is 12.6. The van der Waals surface area contributed by atoms with E-state index >= 15 is 0 Å². The van der Waals surface area contributed by atoms with Crippen molar-refractivity contribution in [2.75, 3.05) is 5.75 Å². The standard InChI is InChI=1S/C18H19N5O2S/c1-10-15(12(3)24)11(2)20-16(10)14(25)9-26-18-22-21-17(23(18)4)13-5-7-19-8-6-13/h5-8,20H,9H2,1-4H3. The van der Waals surface area contributed by atoms with Crippen LogP contribution in [0.4, 0.5) is 0 Å². The van der Waals surface area contributed by atoms with Gasteiger partial charge in [0.05, 0.1) is 11.4 Å². The number of hydrogen-bond acceptors (Lipinski definition) is 6. The SMILES string of the molecule is CC(=O)c1c(C)[nH]c(C(=O)CSc2nnc(-c3ccncc3)n2C)c1C. The highest BCUT2D eigenvalue weighted by Gasteiger charge is 2.20. The number of aryl methyl sites for hydroxylation is 1. The molecule has 0 aliphatic carbocycles. The Morgan fingerprint density at radius 1 is 1.19 bits per heavy atom. The number of rotatable bonds is 6.